The summed E-state index contributed by atoms with van der Waals surface area (Å²) in [7, 11) is -1.56. The van der Waals surface area contributed by atoms with Crippen LogP contribution in [0.1, 0.15) is 20.3 Å². The second-order valence-electron chi connectivity index (χ2n) is 6.70. The molecule has 134 valence electrons. The number of ether oxygens (including phenoxy) is 1. The molecule has 2 aliphatic rings. The third kappa shape index (κ3) is 3.64. The number of methoxy groups -OCH3 is 1. The molecule has 2 rings (SSSR count). The molecule has 0 aromatic rings. The van der Waals surface area contributed by atoms with Crippen molar-refractivity contribution in [3.8, 4) is 0 Å². The lowest BCUT2D eigenvalue weighted by molar-refractivity contribution is 0.00748. The summed E-state index contributed by atoms with van der Waals surface area (Å²) in [5.41, 5.74) is -0.169. The predicted molar refractivity (Wildman–Crippen MR) is 88.7 cm³/mol. The molecule has 0 radical (unpaired) electrons. The molecule has 0 N–H and O–H groups in total. The molecule has 2 fully saturated rings. The molecular formula is C15H29N3O4S. The summed E-state index contributed by atoms with van der Waals surface area (Å²) >= 11 is 0. The van der Waals surface area contributed by atoms with Crippen LogP contribution in [-0.4, -0.2) is 87.8 Å². The van der Waals surface area contributed by atoms with Gasteiger partial charge in [-0.15, -0.1) is 0 Å². The molecule has 23 heavy (non-hydrogen) atoms. The maximum absolute atomic E-state index is 12.6. The van der Waals surface area contributed by atoms with Crippen molar-refractivity contribution >= 4 is 16.1 Å². The van der Waals surface area contributed by atoms with Gasteiger partial charge in [-0.3, -0.25) is 0 Å². The topological polar surface area (TPSA) is 70.2 Å². The standard InChI is InChI=1S/C15H29N3O4S/c1-5-16(6-2)14(19)17-8-7-15(12-22-3)11-18(23(4,20)21)10-13(15)9-17/h13H,5-12H2,1-4H3. The summed E-state index contributed by atoms with van der Waals surface area (Å²) in [6.45, 7) is 8.10. The van der Waals surface area contributed by atoms with Crippen molar-refractivity contribution in [2.45, 2.75) is 20.3 Å². The smallest absolute Gasteiger partial charge is 0.319 e. The number of likely N-dealkylation sites (tertiary alicyclic amines) is 1. The summed E-state index contributed by atoms with van der Waals surface area (Å²) in [4.78, 5) is 16.3. The lowest BCUT2D eigenvalue weighted by Crippen LogP contribution is -2.54. The SMILES string of the molecule is CCN(CC)C(=O)N1CCC2(COC)CN(S(C)(=O)=O)CC2C1. The Bertz CT molecular complexity index is 535. The van der Waals surface area contributed by atoms with Crippen LogP contribution < -0.4 is 0 Å². The normalized spacial score (nSPS) is 28.7. The molecule has 2 unspecified atom stereocenters. The second kappa shape index (κ2) is 6.94. The fourth-order valence-corrected chi connectivity index (χ4v) is 4.82. The Morgan fingerprint density at radius 3 is 2.48 bits per heavy atom. The number of sulfonamides is 1. The van der Waals surface area contributed by atoms with Gasteiger partial charge in [-0.25, -0.2) is 17.5 Å². The van der Waals surface area contributed by atoms with E-state index in [9.17, 15) is 13.2 Å². The van der Waals surface area contributed by atoms with E-state index in [0.29, 0.717) is 45.9 Å². The molecular weight excluding hydrogens is 318 g/mol. The average molecular weight is 347 g/mol. The quantitative estimate of drug-likeness (QED) is 0.733. The number of nitrogens with zero attached hydrogens (tertiary/aromatic N) is 3. The predicted octanol–water partition coefficient (Wildman–Crippen LogP) is 0.678. The van der Waals surface area contributed by atoms with Gasteiger partial charge in [0.05, 0.1) is 12.9 Å². The van der Waals surface area contributed by atoms with Gasteiger partial charge in [0.2, 0.25) is 10.0 Å². The van der Waals surface area contributed by atoms with E-state index in [1.807, 2.05) is 23.6 Å². The summed E-state index contributed by atoms with van der Waals surface area (Å²) < 4.78 is 30.8. The zero-order chi connectivity index (χ0) is 17.3. The van der Waals surface area contributed by atoms with Crippen molar-refractivity contribution in [3.63, 3.8) is 0 Å². The van der Waals surface area contributed by atoms with Crippen molar-refractivity contribution in [2.24, 2.45) is 11.3 Å². The number of carbonyl (C=O) groups excluding carboxylic acids is 1. The largest absolute Gasteiger partial charge is 0.384 e. The Kier molecular flexibility index (Phi) is 5.58. The average Bonchev–Trinajstić information content (AvgIpc) is 2.87. The Balaban J connectivity index is 2.16. The van der Waals surface area contributed by atoms with Crippen molar-refractivity contribution in [1.82, 2.24) is 14.1 Å². The summed E-state index contributed by atoms with van der Waals surface area (Å²) in [5, 5.41) is 0. The number of hydrogen-bond acceptors (Lipinski definition) is 4. The molecule has 2 saturated heterocycles. The van der Waals surface area contributed by atoms with Crippen LogP contribution in [0.25, 0.3) is 0 Å². The maximum Gasteiger partial charge on any atom is 0.319 e. The van der Waals surface area contributed by atoms with Crippen molar-refractivity contribution in [1.29, 1.82) is 0 Å². The van der Waals surface area contributed by atoms with Gasteiger partial charge in [0.25, 0.3) is 0 Å². The van der Waals surface area contributed by atoms with Crippen LogP contribution in [0.3, 0.4) is 0 Å². The van der Waals surface area contributed by atoms with Gasteiger partial charge >= 0.3 is 6.03 Å². The van der Waals surface area contributed by atoms with Gasteiger partial charge in [-0.2, -0.15) is 0 Å². The van der Waals surface area contributed by atoms with E-state index in [4.69, 9.17) is 4.74 Å². The van der Waals surface area contributed by atoms with E-state index >= 15 is 0 Å². The first-order valence-corrected chi connectivity index (χ1v) is 10.1. The maximum atomic E-state index is 12.6. The minimum Gasteiger partial charge on any atom is -0.384 e. The molecule has 0 bridgehead atoms. The molecule has 0 aromatic heterocycles. The first-order chi connectivity index (χ1) is 10.8. The van der Waals surface area contributed by atoms with Crippen molar-refractivity contribution in [2.75, 3.05) is 59.2 Å². The van der Waals surface area contributed by atoms with E-state index in [2.05, 4.69) is 0 Å². The molecule has 8 heteroatoms. The molecule has 7 nitrogen and oxygen atoms in total. The lowest BCUT2D eigenvalue weighted by atomic mass is 9.73. The molecule has 0 saturated carbocycles. The minimum absolute atomic E-state index is 0.0545. The van der Waals surface area contributed by atoms with Crippen LogP contribution in [0.15, 0.2) is 0 Å². The third-order valence-corrected chi connectivity index (χ3v) is 6.52. The van der Waals surface area contributed by atoms with Crippen LogP contribution in [0.5, 0.6) is 0 Å². The van der Waals surface area contributed by atoms with Crippen LogP contribution >= 0.6 is 0 Å². The van der Waals surface area contributed by atoms with E-state index in [1.54, 1.807) is 11.4 Å². The van der Waals surface area contributed by atoms with Crippen LogP contribution in [-0.2, 0) is 14.8 Å². The monoisotopic (exact) mass is 347 g/mol. The highest BCUT2D eigenvalue weighted by Gasteiger charge is 2.52. The minimum atomic E-state index is -3.22. The summed E-state index contributed by atoms with van der Waals surface area (Å²) in [6, 6.07) is 0.0545. The number of rotatable bonds is 5. The number of fused-ring (bicyclic) bond motifs is 1. The molecule has 0 aliphatic carbocycles. The fraction of sp³-hybridized carbons (Fsp3) is 0.933. The molecule has 2 aliphatic heterocycles. The zero-order valence-electron chi connectivity index (χ0n) is 14.6. The number of amides is 2. The highest BCUT2D eigenvalue weighted by molar-refractivity contribution is 7.88. The summed E-state index contributed by atoms with van der Waals surface area (Å²) in [5.74, 6) is 0.130. The highest BCUT2D eigenvalue weighted by atomic mass is 32.2. The summed E-state index contributed by atoms with van der Waals surface area (Å²) in [6.07, 6.45) is 2.04. The number of piperidine rings is 1. The highest BCUT2D eigenvalue weighted by Crippen LogP contribution is 2.44. The third-order valence-electron chi connectivity index (χ3n) is 5.31. The lowest BCUT2D eigenvalue weighted by Gasteiger charge is -2.44. The molecule has 0 spiro atoms. The molecule has 2 amide bonds. The Hall–Kier alpha value is -0.860. The van der Waals surface area contributed by atoms with Gasteiger partial charge in [-0.1, -0.05) is 0 Å². The number of hydrogen-bond donors (Lipinski definition) is 0. The number of carbonyl (C=O) groups is 1. The van der Waals surface area contributed by atoms with Crippen LogP contribution in [0, 0.1) is 11.3 Å². The van der Waals surface area contributed by atoms with E-state index in [1.165, 1.54) is 6.26 Å². The zero-order valence-corrected chi connectivity index (χ0v) is 15.4. The van der Waals surface area contributed by atoms with Gasteiger partial charge in [0, 0.05) is 51.8 Å². The van der Waals surface area contributed by atoms with E-state index < -0.39 is 10.0 Å². The Labute approximate surface area is 139 Å². The Morgan fingerprint density at radius 1 is 1.30 bits per heavy atom. The molecule has 0 aromatic carbocycles. The molecule has 2 heterocycles. The van der Waals surface area contributed by atoms with E-state index in [-0.39, 0.29) is 17.4 Å². The van der Waals surface area contributed by atoms with Crippen molar-refractivity contribution in [3.05, 3.63) is 0 Å². The van der Waals surface area contributed by atoms with Gasteiger partial charge in [0.15, 0.2) is 0 Å². The molecule has 2 atom stereocenters. The first-order valence-electron chi connectivity index (χ1n) is 8.25. The van der Waals surface area contributed by atoms with E-state index in [0.717, 1.165) is 6.42 Å². The first kappa shape index (κ1) is 18.5. The number of urea groups is 1. The fourth-order valence-electron chi connectivity index (χ4n) is 3.88. The second-order valence-corrected chi connectivity index (χ2v) is 8.68. The van der Waals surface area contributed by atoms with Crippen molar-refractivity contribution < 1.29 is 17.9 Å². The van der Waals surface area contributed by atoms with Gasteiger partial charge in [-0.05, 0) is 26.2 Å². The van der Waals surface area contributed by atoms with Crippen LogP contribution in [0.4, 0.5) is 4.79 Å². The van der Waals surface area contributed by atoms with Gasteiger partial charge < -0.3 is 14.5 Å². The Morgan fingerprint density at radius 2 is 1.96 bits per heavy atom. The van der Waals surface area contributed by atoms with Gasteiger partial charge in [0.1, 0.15) is 0 Å². The van der Waals surface area contributed by atoms with Crippen LogP contribution in [0.2, 0.25) is 0 Å².